The molecule has 3 N–H and O–H groups in total. The molecule has 2 amide bonds. The molecule has 4 heterocycles. The maximum atomic E-state index is 14.0. The second kappa shape index (κ2) is 11.3. The van der Waals surface area contributed by atoms with E-state index < -0.39 is 47.4 Å². The van der Waals surface area contributed by atoms with Crippen molar-refractivity contribution in [3.63, 3.8) is 0 Å². The van der Waals surface area contributed by atoms with Gasteiger partial charge in [0.1, 0.15) is 23.6 Å². The molecule has 6 rings (SSSR count). The number of amides is 2. The van der Waals surface area contributed by atoms with Crippen molar-refractivity contribution in [2.45, 2.75) is 25.3 Å². The molecule has 19 heteroatoms. The number of pyridine rings is 1. The fourth-order valence-corrected chi connectivity index (χ4v) is 5.09. The lowest BCUT2D eigenvalue weighted by molar-refractivity contribution is -0.159. The number of hydrogen-bond donors (Lipinski definition) is 2. The van der Waals surface area contributed by atoms with Crippen LogP contribution in [0.1, 0.15) is 37.7 Å². The van der Waals surface area contributed by atoms with Crippen LogP contribution in [0, 0.1) is 0 Å². The highest BCUT2D eigenvalue weighted by Gasteiger charge is 2.43. The molecule has 0 saturated heterocycles. The number of fused-ring (bicyclic) bond motifs is 1. The Morgan fingerprint density at radius 1 is 1.07 bits per heavy atom. The first-order chi connectivity index (χ1) is 21.7. The van der Waals surface area contributed by atoms with Crippen LogP contribution in [0.5, 0.6) is 5.75 Å². The highest BCUT2D eigenvalue weighted by Crippen LogP contribution is 2.45. The third-order valence-corrected chi connectivity index (χ3v) is 7.19. The fourth-order valence-electron chi connectivity index (χ4n) is 4.62. The quantitative estimate of drug-likeness (QED) is 0.223. The lowest BCUT2D eigenvalue weighted by atomic mass is 10.0. The first kappa shape index (κ1) is 30.8. The predicted molar refractivity (Wildman–Crippen MR) is 151 cm³/mol. The van der Waals surface area contributed by atoms with Gasteiger partial charge in [-0.2, -0.15) is 31.8 Å². The highest BCUT2D eigenvalue weighted by atomic mass is 35.5. The van der Waals surface area contributed by atoms with Gasteiger partial charge in [-0.3, -0.25) is 9.59 Å². The minimum absolute atomic E-state index is 0.0238. The van der Waals surface area contributed by atoms with Gasteiger partial charge in [-0.05, 0) is 41.6 Å². The van der Waals surface area contributed by atoms with Crippen LogP contribution in [-0.2, 0) is 19.1 Å². The van der Waals surface area contributed by atoms with Crippen LogP contribution in [0.15, 0.2) is 54.7 Å². The lowest BCUT2D eigenvalue weighted by Crippen LogP contribution is -2.23. The Kier molecular flexibility index (Phi) is 7.60. The predicted octanol–water partition coefficient (Wildman–Crippen LogP) is 5.17. The van der Waals surface area contributed by atoms with Crippen molar-refractivity contribution in [2.24, 2.45) is 5.73 Å². The topological polar surface area (TPSA) is 156 Å². The third kappa shape index (κ3) is 5.93. The van der Waals surface area contributed by atoms with Crippen LogP contribution in [-0.4, -0.2) is 52.9 Å². The average Bonchev–Trinajstić information content (AvgIpc) is 3.69. The summed E-state index contributed by atoms with van der Waals surface area (Å²) in [7, 11) is 0. The van der Waals surface area contributed by atoms with Crippen molar-refractivity contribution in [1.82, 2.24) is 35.0 Å². The Bertz CT molecular complexity index is 2010. The molecular formula is C27H16Cl2F5N9O3. The van der Waals surface area contributed by atoms with Crippen LogP contribution in [0.4, 0.5) is 27.6 Å². The molecule has 0 fully saturated rings. The van der Waals surface area contributed by atoms with Crippen molar-refractivity contribution >= 4 is 40.7 Å². The summed E-state index contributed by atoms with van der Waals surface area (Å²) in [5, 5.41) is 18.6. The Hall–Kier alpha value is -5.16. The van der Waals surface area contributed by atoms with E-state index in [1.54, 1.807) is 0 Å². The molecule has 2 aromatic carbocycles. The summed E-state index contributed by atoms with van der Waals surface area (Å²) in [5.74, 6) is -2.57. The standard InChI is InChI=1S/C27H16Cl2F5N9O3/c28-16-2-1-7-36-24(16)43-18(25(45)37-20-17(29)8-13-10-26(30,31)46-21(13)19(20)22(35)44)9-15(39-43)11-42-40-23(38-41-42)12-3-5-14(6-4-12)27(32,33)34/h1-9H,10-11H2,(H2,35,44)(H,37,45). The van der Waals surface area contributed by atoms with Gasteiger partial charge in [0.15, 0.2) is 5.82 Å². The number of tetrazole rings is 1. The normalized spacial score (nSPS) is 13.7. The lowest BCUT2D eigenvalue weighted by Gasteiger charge is -2.15. The number of alkyl halides is 5. The van der Waals surface area contributed by atoms with Gasteiger partial charge in [-0.25, -0.2) is 9.67 Å². The van der Waals surface area contributed by atoms with Gasteiger partial charge < -0.3 is 15.8 Å². The summed E-state index contributed by atoms with van der Waals surface area (Å²) in [6.45, 7) is -0.180. The monoisotopic (exact) mass is 679 g/mol. The van der Waals surface area contributed by atoms with Crippen LogP contribution >= 0.6 is 23.2 Å². The van der Waals surface area contributed by atoms with Crippen molar-refractivity contribution in [1.29, 1.82) is 0 Å². The highest BCUT2D eigenvalue weighted by molar-refractivity contribution is 6.35. The molecule has 0 atom stereocenters. The number of rotatable bonds is 7. The zero-order valence-electron chi connectivity index (χ0n) is 22.7. The van der Waals surface area contributed by atoms with Crippen LogP contribution in [0.3, 0.4) is 0 Å². The van der Waals surface area contributed by atoms with E-state index in [1.165, 1.54) is 36.5 Å². The number of carbonyl (C=O) groups is 2. The van der Waals surface area contributed by atoms with Gasteiger partial charge in [-0.1, -0.05) is 35.3 Å². The molecule has 0 radical (unpaired) electrons. The van der Waals surface area contributed by atoms with Crippen molar-refractivity contribution in [3.8, 4) is 23.0 Å². The first-order valence-electron chi connectivity index (χ1n) is 12.9. The number of halogens is 7. The first-order valence-corrected chi connectivity index (χ1v) is 13.6. The number of aromatic nitrogens is 7. The Balaban J connectivity index is 1.34. The van der Waals surface area contributed by atoms with Gasteiger partial charge in [0, 0.05) is 17.3 Å². The maximum Gasteiger partial charge on any atom is 0.416 e. The van der Waals surface area contributed by atoms with E-state index in [0.29, 0.717) is 0 Å². The van der Waals surface area contributed by atoms with Crippen LogP contribution < -0.4 is 15.8 Å². The maximum absolute atomic E-state index is 14.0. The molecular weight excluding hydrogens is 664 g/mol. The van der Waals surface area contributed by atoms with E-state index in [4.69, 9.17) is 28.9 Å². The summed E-state index contributed by atoms with van der Waals surface area (Å²) >= 11 is 12.6. The number of nitrogens with two attached hydrogens (primary N) is 1. The van der Waals surface area contributed by atoms with Crippen molar-refractivity contribution < 1.29 is 36.3 Å². The molecule has 1 aliphatic heterocycles. The van der Waals surface area contributed by atoms with E-state index in [-0.39, 0.29) is 56.4 Å². The molecule has 46 heavy (non-hydrogen) atoms. The number of benzene rings is 2. The van der Waals surface area contributed by atoms with Gasteiger partial charge >= 0.3 is 12.3 Å². The van der Waals surface area contributed by atoms with E-state index in [2.05, 4.69) is 35.5 Å². The molecule has 0 unspecified atom stereocenters. The molecule has 0 spiro atoms. The van der Waals surface area contributed by atoms with Crippen molar-refractivity contribution in [3.05, 3.63) is 92.9 Å². The number of nitrogens with zero attached hydrogens (tertiary/aromatic N) is 7. The molecule has 5 aromatic rings. The van der Waals surface area contributed by atoms with Crippen LogP contribution in [0.25, 0.3) is 17.2 Å². The second-order valence-corrected chi connectivity index (χ2v) is 10.6. The minimum atomic E-state index is -4.52. The number of nitrogens with one attached hydrogen (secondary N) is 1. The Morgan fingerprint density at radius 3 is 2.48 bits per heavy atom. The second-order valence-electron chi connectivity index (χ2n) is 9.79. The number of hydrogen-bond acceptors (Lipinski definition) is 8. The van der Waals surface area contributed by atoms with Gasteiger partial charge in [0.25, 0.3) is 11.8 Å². The van der Waals surface area contributed by atoms with E-state index >= 15 is 0 Å². The number of carbonyl (C=O) groups excluding carboxylic acids is 2. The number of ether oxygens (including phenoxy) is 1. The largest absolute Gasteiger partial charge is 0.431 e. The van der Waals surface area contributed by atoms with E-state index in [9.17, 15) is 31.5 Å². The third-order valence-electron chi connectivity index (χ3n) is 6.60. The van der Waals surface area contributed by atoms with Gasteiger partial charge in [0.2, 0.25) is 5.82 Å². The summed E-state index contributed by atoms with van der Waals surface area (Å²) in [6, 6.07) is 9.61. The van der Waals surface area contributed by atoms with Crippen LogP contribution in [0.2, 0.25) is 10.0 Å². The summed E-state index contributed by atoms with van der Waals surface area (Å²) in [6.07, 6.45) is -7.61. The summed E-state index contributed by atoms with van der Waals surface area (Å²) < 4.78 is 72.5. The Labute approximate surface area is 263 Å². The van der Waals surface area contributed by atoms with Gasteiger partial charge in [-0.15, -0.1) is 10.2 Å². The molecule has 0 aliphatic carbocycles. The molecule has 1 aliphatic rings. The molecule has 236 valence electrons. The molecule has 0 bridgehead atoms. The molecule has 0 saturated carbocycles. The number of anilines is 1. The zero-order chi connectivity index (χ0) is 33.0. The van der Waals surface area contributed by atoms with Gasteiger partial charge in [0.05, 0.1) is 33.4 Å². The van der Waals surface area contributed by atoms with Crippen molar-refractivity contribution in [2.75, 3.05) is 5.32 Å². The van der Waals surface area contributed by atoms with E-state index in [0.717, 1.165) is 27.7 Å². The zero-order valence-corrected chi connectivity index (χ0v) is 24.2. The smallest absolute Gasteiger partial charge is 0.416 e. The summed E-state index contributed by atoms with van der Waals surface area (Å²) in [5.41, 5.74) is 3.85. The fraction of sp³-hybridized carbons (Fsp3) is 0.148. The molecule has 12 nitrogen and oxygen atoms in total. The summed E-state index contributed by atoms with van der Waals surface area (Å²) in [4.78, 5) is 31.2. The van der Waals surface area contributed by atoms with E-state index in [1.807, 2.05) is 0 Å². The average molecular weight is 680 g/mol. The molecule has 3 aromatic heterocycles. The Morgan fingerprint density at radius 2 is 1.80 bits per heavy atom. The minimum Gasteiger partial charge on any atom is -0.431 e. The SMILES string of the molecule is NC(=O)c1c(NC(=O)c2cc(Cn3nnc(-c4ccc(C(F)(F)F)cc4)n3)nn2-c2ncccc2Cl)c(Cl)cc2c1OC(F)(F)C2. The number of primary amides is 1.